The van der Waals surface area contributed by atoms with Crippen LogP contribution in [0.1, 0.15) is 11.6 Å². The van der Waals surface area contributed by atoms with Gasteiger partial charge in [0.15, 0.2) is 0 Å². The summed E-state index contributed by atoms with van der Waals surface area (Å²) in [5.41, 5.74) is 6.45. The summed E-state index contributed by atoms with van der Waals surface area (Å²) in [4.78, 5) is 11.4. The van der Waals surface area contributed by atoms with Crippen LogP contribution >= 0.6 is 15.9 Å². The van der Waals surface area contributed by atoms with E-state index >= 15 is 0 Å². The normalized spacial score (nSPS) is 12.3. The maximum absolute atomic E-state index is 11.4. The molecular weight excluding hydrogens is 246 g/mol. The van der Waals surface area contributed by atoms with Crippen LogP contribution in [0.5, 0.6) is 0 Å². The second-order valence-electron chi connectivity index (χ2n) is 2.98. The molecular formula is C9H12BrN3O. The van der Waals surface area contributed by atoms with Gasteiger partial charge in [-0.2, -0.15) is 0 Å². The lowest BCUT2D eigenvalue weighted by Gasteiger charge is -2.16. The number of hydrazine groups is 1. The van der Waals surface area contributed by atoms with Gasteiger partial charge in [0.25, 0.3) is 5.91 Å². The van der Waals surface area contributed by atoms with Gasteiger partial charge in [0.05, 0.1) is 0 Å². The number of carbonyl (C=O) groups is 1. The highest BCUT2D eigenvalue weighted by Crippen LogP contribution is 2.17. The molecule has 0 radical (unpaired) electrons. The molecule has 4 nitrogen and oxygen atoms in total. The van der Waals surface area contributed by atoms with Crippen LogP contribution in [0.3, 0.4) is 0 Å². The summed E-state index contributed by atoms with van der Waals surface area (Å²) < 4.78 is 0.887. The molecule has 0 bridgehead atoms. The number of likely N-dealkylation sites (N-methyl/N-ethyl adjacent to an activating group) is 1. The van der Waals surface area contributed by atoms with E-state index in [1.54, 1.807) is 12.1 Å². The summed E-state index contributed by atoms with van der Waals surface area (Å²) in [7, 11) is 1.47. The Morgan fingerprint density at radius 3 is 2.71 bits per heavy atom. The summed E-state index contributed by atoms with van der Waals surface area (Å²) in [6.07, 6.45) is 0. The van der Waals surface area contributed by atoms with Crippen LogP contribution in [-0.2, 0) is 4.79 Å². The van der Waals surface area contributed by atoms with Gasteiger partial charge in [-0.15, -0.1) is 0 Å². The smallest absolute Gasteiger partial charge is 0.257 e. The number of nitrogens with zero attached hydrogens (tertiary/aromatic N) is 1. The van der Waals surface area contributed by atoms with Crippen LogP contribution in [0.4, 0.5) is 0 Å². The molecule has 0 aromatic heterocycles. The van der Waals surface area contributed by atoms with Gasteiger partial charge in [-0.25, -0.2) is 5.84 Å². The zero-order chi connectivity index (χ0) is 10.7. The fourth-order valence-electron chi connectivity index (χ4n) is 1.06. The lowest BCUT2D eigenvalue weighted by molar-refractivity contribution is -0.131. The first-order valence-electron chi connectivity index (χ1n) is 4.05. The highest BCUT2D eigenvalue weighted by molar-refractivity contribution is 9.10. The molecule has 4 N–H and O–H groups in total. The summed E-state index contributed by atoms with van der Waals surface area (Å²) in [6.45, 7) is 0. The van der Waals surface area contributed by atoms with E-state index in [1.807, 2.05) is 12.1 Å². The summed E-state index contributed by atoms with van der Waals surface area (Å²) in [5.74, 6) is 4.99. The van der Waals surface area contributed by atoms with Crippen molar-refractivity contribution >= 4 is 21.8 Å². The number of amides is 1. The zero-order valence-electron chi connectivity index (χ0n) is 7.77. The minimum Gasteiger partial charge on any atom is -0.316 e. The number of hydrogen-bond donors (Lipinski definition) is 2. The highest BCUT2D eigenvalue weighted by atomic mass is 79.9. The quantitative estimate of drug-likeness (QED) is 0.467. The fraction of sp³-hybridized carbons (Fsp3) is 0.222. The molecule has 0 saturated carbocycles. The number of rotatable bonds is 2. The van der Waals surface area contributed by atoms with Crippen molar-refractivity contribution in [2.24, 2.45) is 11.6 Å². The van der Waals surface area contributed by atoms with E-state index in [4.69, 9.17) is 11.6 Å². The molecule has 1 aromatic rings. The average Bonchev–Trinajstić information content (AvgIpc) is 2.15. The van der Waals surface area contributed by atoms with E-state index in [2.05, 4.69) is 15.9 Å². The summed E-state index contributed by atoms with van der Waals surface area (Å²) in [6, 6.07) is 6.57. The molecule has 1 atom stereocenters. The molecule has 0 spiro atoms. The Morgan fingerprint density at radius 1 is 1.57 bits per heavy atom. The predicted molar refractivity (Wildman–Crippen MR) is 58.0 cm³/mol. The van der Waals surface area contributed by atoms with E-state index in [1.165, 1.54) is 7.05 Å². The lowest BCUT2D eigenvalue weighted by Crippen LogP contribution is -2.40. The lowest BCUT2D eigenvalue weighted by atomic mass is 10.1. The standard InChI is InChI=1S/C9H12BrN3O/c1-13(12)9(14)8(11)6-3-2-4-7(10)5-6/h2-5,8H,11-12H2,1H3. The van der Waals surface area contributed by atoms with Gasteiger partial charge in [-0.1, -0.05) is 28.1 Å². The topological polar surface area (TPSA) is 72.3 Å². The van der Waals surface area contributed by atoms with Gasteiger partial charge in [-0.05, 0) is 17.7 Å². The van der Waals surface area contributed by atoms with Crippen molar-refractivity contribution in [2.45, 2.75) is 6.04 Å². The van der Waals surface area contributed by atoms with Crippen molar-refractivity contribution in [1.82, 2.24) is 5.01 Å². The van der Waals surface area contributed by atoms with Gasteiger partial charge in [0.2, 0.25) is 0 Å². The van der Waals surface area contributed by atoms with E-state index < -0.39 is 6.04 Å². The Labute approximate surface area is 91.0 Å². The molecule has 0 aliphatic heterocycles. The van der Waals surface area contributed by atoms with Crippen LogP contribution in [0.2, 0.25) is 0 Å². The number of halogens is 1. The van der Waals surface area contributed by atoms with Crippen LogP contribution in [0, 0.1) is 0 Å². The first-order chi connectivity index (χ1) is 6.52. The molecule has 0 saturated heterocycles. The molecule has 1 unspecified atom stereocenters. The van der Waals surface area contributed by atoms with Crippen LogP contribution in [0.15, 0.2) is 28.7 Å². The average molecular weight is 258 g/mol. The third-order valence-electron chi connectivity index (χ3n) is 1.82. The highest BCUT2D eigenvalue weighted by Gasteiger charge is 2.17. The molecule has 0 aliphatic rings. The molecule has 0 aliphatic carbocycles. The van der Waals surface area contributed by atoms with E-state index in [0.29, 0.717) is 0 Å². The van der Waals surface area contributed by atoms with Gasteiger partial charge in [0.1, 0.15) is 6.04 Å². The maximum atomic E-state index is 11.4. The van der Waals surface area contributed by atoms with Crippen LogP contribution in [0.25, 0.3) is 0 Å². The Morgan fingerprint density at radius 2 is 2.21 bits per heavy atom. The minimum absolute atomic E-state index is 0.317. The third-order valence-corrected chi connectivity index (χ3v) is 2.31. The molecule has 5 heteroatoms. The van der Waals surface area contributed by atoms with Crippen molar-refractivity contribution in [2.75, 3.05) is 7.05 Å². The van der Waals surface area contributed by atoms with Crippen molar-refractivity contribution in [1.29, 1.82) is 0 Å². The van der Waals surface area contributed by atoms with Gasteiger partial charge >= 0.3 is 0 Å². The first kappa shape index (κ1) is 11.2. The Kier molecular flexibility index (Phi) is 3.62. The predicted octanol–water partition coefficient (Wildman–Crippen LogP) is 0.781. The Hall–Kier alpha value is -0.910. The minimum atomic E-state index is -0.706. The number of hydrogen-bond acceptors (Lipinski definition) is 3. The first-order valence-corrected chi connectivity index (χ1v) is 4.85. The molecule has 0 fully saturated rings. The van der Waals surface area contributed by atoms with Crippen molar-refractivity contribution in [3.8, 4) is 0 Å². The molecule has 0 heterocycles. The molecule has 1 rings (SSSR count). The number of benzene rings is 1. The molecule has 76 valence electrons. The molecule has 1 aromatic carbocycles. The van der Waals surface area contributed by atoms with E-state index in [0.717, 1.165) is 15.0 Å². The van der Waals surface area contributed by atoms with Gasteiger partial charge < -0.3 is 5.73 Å². The van der Waals surface area contributed by atoms with Gasteiger partial charge in [0, 0.05) is 11.5 Å². The second kappa shape index (κ2) is 4.54. The maximum Gasteiger partial charge on any atom is 0.257 e. The number of carbonyl (C=O) groups excluding carboxylic acids is 1. The monoisotopic (exact) mass is 257 g/mol. The van der Waals surface area contributed by atoms with Crippen molar-refractivity contribution < 1.29 is 4.79 Å². The van der Waals surface area contributed by atoms with Crippen molar-refractivity contribution in [3.05, 3.63) is 34.3 Å². The largest absolute Gasteiger partial charge is 0.316 e. The summed E-state index contributed by atoms with van der Waals surface area (Å²) in [5, 5.41) is 0.992. The van der Waals surface area contributed by atoms with Gasteiger partial charge in [-0.3, -0.25) is 9.80 Å². The zero-order valence-corrected chi connectivity index (χ0v) is 9.36. The Balaban J connectivity index is 2.89. The summed E-state index contributed by atoms with van der Waals surface area (Å²) >= 11 is 3.30. The number of nitrogens with two attached hydrogens (primary N) is 2. The fourth-order valence-corrected chi connectivity index (χ4v) is 1.48. The van der Waals surface area contributed by atoms with E-state index in [-0.39, 0.29) is 5.91 Å². The third kappa shape index (κ3) is 2.54. The Bertz CT molecular complexity index is 341. The van der Waals surface area contributed by atoms with E-state index in [9.17, 15) is 4.79 Å². The molecule has 1 amide bonds. The van der Waals surface area contributed by atoms with Crippen LogP contribution in [-0.4, -0.2) is 18.0 Å². The molecule has 14 heavy (non-hydrogen) atoms. The SMILES string of the molecule is CN(N)C(=O)C(N)c1cccc(Br)c1. The second-order valence-corrected chi connectivity index (χ2v) is 3.90. The van der Waals surface area contributed by atoms with Crippen LogP contribution < -0.4 is 11.6 Å². The van der Waals surface area contributed by atoms with Crippen molar-refractivity contribution in [3.63, 3.8) is 0 Å².